The Morgan fingerprint density at radius 1 is 1.00 bits per heavy atom. The van der Waals surface area contributed by atoms with Gasteiger partial charge >= 0.3 is 0 Å². The van der Waals surface area contributed by atoms with Crippen LogP contribution in [0.5, 0.6) is 0 Å². The topological polar surface area (TPSA) is 69.7 Å². The summed E-state index contributed by atoms with van der Waals surface area (Å²) in [5.74, 6) is 0.102. The Balaban J connectivity index is 1.53. The molecule has 0 aliphatic carbocycles. The second-order valence-electron chi connectivity index (χ2n) is 6.44. The normalized spacial score (nSPS) is 19.3. The number of anilines is 1. The lowest BCUT2D eigenvalue weighted by Gasteiger charge is -2.16. The molecule has 0 saturated carbocycles. The second kappa shape index (κ2) is 7.63. The van der Waals surface area contributed by atoms with E-state index in [2.05, 4.69) is 9.62 Å². The maximum Gasteiger partial charge on any atom is 0.240 e. The molecule has 24 heavy (non-hydrogen) atoms. The number of benzene rings is 1. The first-order chi connectivity index (χ1) is 11.6. The van der Waals surface area contributed by atoms with Gasteiger partial charge in [-0.3, -0.25) is 4.79 Å². The number of nitrogens with zero attached hydrogens (tertiary/aromatic N) is 2. The average Bonchev–Trinajstić information content (AvgIpc) is 3.23. The van der Waals surface area contributed by atoms with Crippen molar-refractivity contribution in [1.29, 1.82) is 0 Å². The SMILES string of the molecule is O=C1CCCN1c1ccc(S(=O)(=O)NCCCN2CCCC2)cc1. The van der Waals surface area contributed by atoms with Crippen LogP contribution in [0, 0.1) is 0 Å². The molecule has 0 aromatic heterocycles. The second-order valence-corrected chi connectivity index (χ2v) is 8.21. The van der Waals surface area contributed by atoms with E-state index in [9.17, 15) is 13.2 Å². The summed E-state index contributed by atoms with van der Waals surface area (Å²) in [5.41, 5.74) is 0.769. The molecule has 1 N–H and O–H groups in total. The van der Waals surface area contributed by atoms with Crippen molar-refractivity contribution < 1.29 is 13.2 Å². The molecule has 1 amide bonds. The van der Waals surface area contributed by atoms with E-state index in [1.165, 1.54) is 12.8 Å². The maximum atomic E-state index is 12.3. The number of carbonyl (C=O) groups excluding carboxylic acids is 1. The zero-order chi connectivity index (χ0) is 17.0. The van der Waals surface area contributed by atoms with Crippen molar-refractivity contribution in [3.05, 3.63) is 24.3 Å². The van der Waals surface area contributed by atoms with Gasteiger partial charge in [-0.1, -0.05) is 0 Å². The minimum absolute atomic E-state index is 0.102. The van der Waals surface area contributed by atoms with Crippen molar-refractivity contribution in [1.82, 2.24) is 9.62 Å². The lowest BCUT2D eigenvalue weighted by atomic mass is 10.3. The Morgan fingerprint density at radius 3 is 2.33 bits per heavy atom. The molecule has 132 valence electrons. The fourth-order valence-corrected chi connectivity index (χ4v) is 4.40. The van der Waals surface area contributed by atoms with E-state index in [0.29, 0.717) is 19.5 Å². The number of nitrogens with one attached hydrogen (secondary N) is 1. The van der Waals surface area contributed by atoms with Crippen LogP contribution < -0.4 is 9.62 Å². The highest BCUT2D eigenvalue weighted by Gasteiger charge is 2.22. The largest absolute Gasteiger partial charge is 0.312 e. The molecule has 3 rings (SSSR count). The van der Waals surface area contributed by atoms with Gasteiger partial charge in [-0.2, -0.15) is 0 Å². The molecule has 2 aliphatic heterocycles. The van der Waals surface area contributed by atoms with Crippen LogP contribution >= 0.6 is 0 Å². The van der Waals surface area contributed by atoms with E-state index in [1.54, 1.807) is 29.2 Å². The molecule has 2 saturated heterocycles. The molecule has 2 aliphatic rings. The highest BCUT2D eigenvalue weighted by Crippen LogP contribution is 2.22. The molecular formula is C17H25N3O3S. The number of hydrogen-bond acceptors (Lipinski definition) is 4. The summed E-state index contributed by atoms with van der Waals surface area (Å²) in [6.07, 6.45) is 4.74. The smallest absolute Gasteiger partial charge is 0.240 e. The Kier molecular flexibility index (Phi) is 5.53. The molecule has 0 atom stereocenters. The Morgan fingerprint density at radius 2 is 1.71 bits per heavy atom. The first-order valence-electron chi connectivity index (χ1n) is 8.69. The number of rotatable bonds is 7. The van der Waals surface area contributed by atoms with E-state index in [4.69, 9.17) is 0 Å². The summed E-state index contributed by atoms with van der Waals surface area (Å²) in [6, 6.07) is 6.57. The number of likely N-dealkylation sites (tertiary alicyclic amines) is 1. The molecule has 7 heteroatoms. The van der Waals surface area contributed by atoms with Crippen molar-refractivity contribution in [2.75, 3.05) is 37.6 Å². The summed E-state index contributed by atoms with van der Waals surface area (Å²) in [5, 5.41) is 0. The number of amides is 1. The van der Waals surface area contributed by atoms with E-state index >= 15 is 0 Å². The van der Waals surface area contributed by atoms with E-state index < -0.39 is 10.0 Å². The fraction of sp³-hybridized carbons (Fsp3) is 0.588. The van der Waals surface area contributed by atoms with Crippen LogP contribution in [0.4, 0.5) is 5.69 Å². The van der Waals surface area contributed by atoms with Gasteiger partial charge < -0.3 is 9.80 Å². The predicted molar refractivity (Wildman–Crippen MR) is 93.5 cm³/mol. The number of carbonyl (C=O) groups is 1. The van der Waals surface area contributed by atoms with Crippen LogP contribution in [0.1, 0.15) is 32.1 Å². The average molecular weight is 351 g/mol. The highest BCUT2D eigenvalue weighted by atomic mass is 32.2. The maximum absolute atomic E-state index is 12.3. The van der Waals surface area contributed by atoms with Crippen LogP contribution in [0.3, 0.4) is 0 Å². The minimum Gasteiger partial charge on any atom is -0.312 e. The summed E-state index contributed by atoms with van der Waals surface area (Å²) in [7, 11) is -3.48. The first-order valence-corrected chi connectivity index (χ1v) is 10.2. The van der Waals surface area contributed by atoms with Crippen LogP contribution in [-0.4, -0.2) is 51.9 Å². The van der Waals surface area contributed by atoms with Crippen molar-refractivity contribution in [3.8, 4) is 0 Å². The monoisotopic (exact) mass is 351 g/mol. The molecular weight excluding hydrogens is 326 g/mol. The first kappa shape index (κ1) is 17.4. The standard InChI is InChI=1S/C17H25N3O3S/c21-17-5-3-14-20(17)15-6-8-16(9-7-15)24(22,23)18-10-4-13-19-11-1-2-12-19/h6-9,18H,1-5,10-14H2. The van der Waals surface area contributed by atoms with Crippen molar-refractivity contribution in [2.24, 2.45) is 0 Å². The summed E-state index contributed by atoms with van der Waals surface area (Å²) in [6.45, 7) is 4.36. The molecule has 1 aromatic carbocycles. The van der Waals surface area contributed by atoms with Gasteiger partial charge in [0.1, 0.15) is 0 Å². The van der Waals surface area contributed by atoms with E-state index in [-0.39, 0.29) is 10.8 Å². The molecule has 0 unspecified atom stereocenters. The predicted octanol–water partition coefficient (Wildman–Crippen LogP) is 1.58. The van der Waals surface area contributed by atoms with Gasteiger partial charge in [0.25, 0.3) is 0 Å². The third-order valence-corrected chi connectivity index (χ3v) is 6.15. The lowest BCUT2D eigenvalue weighted by molar-refractivity contribution is -0.117. The molecule has 0 radical (unpaired) electrons. The van der Waals surface area contributed by atoms with Gasteiger partial charge in [-0.05, 0) is 69.6 Å². The van der Waals surface area contributed by atoms with Gasteiger partial charge in [0.05, 0.1) is 4.90 Å². The third-order valence-electron chi connectivity index (χ3n) is 4.67. The Hall–Kier alpha value is -1.44. The van der Waals surface area contributed by atoms with Gasteiger partial charge in [-0.25, -0.2) is 13.1 Å². The molecule has 1 aromatic rings. The zero-order valence-corrected chi connectivity index (χ0v) is 14.7. The van der Waals surface area contributed by atoms with Crippen LogP contribution in [-0.2, 0) is 14.8 Å². The molecule has 0 spiro atoms. The number of sulfonamides is 1. The summed E-state index contributed by atoms with van der Waals surface area (Å²) >= 11 is 0. The van der Waals surface area contributed by atoms with Gasteiger partial charge in [0.15, 0.2) is 0 Å². The molecule has 6 nitrogen and oxygen atoms in total. The molecule has 2 heterocycles. The van der Waals surface area contributed by atoms with Gasteiger partial charge in [0, 0.05) is 25.2 Å². The quantitative estimate of drug-likeness (QED) is 0.757. The van der Waals surface area contributed by atoms with Crippen LogP contribution in [0.25, 0.3) is 0 Å². The Labute approximate surface area is 143 Å². The lowest BCUT2D eigenvalue weighted by Crippen LogP contribution is -2.29. The molecule has 2 fully saturated rings. The molecule has 0 bridgehead atoms. The van der Waals surface area contributed by atoms with Gasteiger partial charge in [0.2, 0.25) is 15.9 Å². The van der Waals surface area contributed by atoms with E-state index in [0.717, 1.165) is 38.2 Å². The number of hydrogen-bond donors (Lipinski definition) is 1. The Bertz CT molecular complexity index is 667. The van der Waals surface area contributed by atoms with Crippen LogP contribution in [0.15, 0.2) is 29.2 Å². The fourth-order valence-electron chi connectivity index (χ4n) is 3.33. The zero-order valence-electron chi connectivity index (χ0n) is 13.9. The van der Waals surface area contributed by atoms with Crippen molar-refractivity contribution >= 4 is 21.6 Å². The van der Waals surface area contributed by atoms with Crippen molar-refractivity contribution in [2.45, 2.75) is 37.0 Å². The van der Waals surface area contributed by atoms with E-state index in [1.807, 2.05) is 0 Å². The van der Waals surface area contributed by atoms with Crippen molar-refractivity contribution in [3.63, 3.8) is 0 Å². The highest BCUT2D eigenvalue weighted by molar-refractivity contribution is 7.89. The minimum atomic E-state index is -3.48. The van der Waals surface area contributed by atoms with Crippen LogP contribution in [0.2, 0.25) is 0 Å². The third kappa shape index (κ3) is 4.15. The van der Waals surface area contributed by atoms with Gasteiger partial charge in [-0.15, -0.1) is 0 Å². The summed E-state index contributed by atoms with van der Waals surface area (Å²) < 4.78 is 27.3. The summed E-state index contributed by atoms with van der Waals surface area (Å²) in [4.78, 5) is 16.1.